The van der Waals surface area contributed by atoms with Crippen LogP contribution in [0.5, 0.6) is 11.6 Å². The van der Waals surface area contributed by atoms with Gasteiger partial charge in [-0.25, -0.2) is 4.98 Å². The maximum atomic E-state index is 6.10. The van der Waals surface area contributed by atoms with Gasteiger partial charge in [-0.15, -0.1) is 0 Å². The molecule has 17 heavy (non-hydrogen) atoms. The lowest BCUT2D eigenvalue weighted by Crippen LogP contribution is -1.91. The Kier molecular flexibility index (Phi) is 3.69. The molecule has 0 amide bonds. The zero-order valence-corrected chi connectivity index (χ0v) is 11.8. The van der Waals surface area contributed by atoms with Crippen molar-refractivity contribution in [3.8, 4) is 11.6 Å². The highest BCUT2D eigenvalue weighted by Gasteiger charge is 2.09. The van der Waals surface area contributed by atoms with E-state index in [1.54, 1.807) is 6.20 Å². The Morgan fingerprint density at radius 3 is 2.71 bits per heavy atom. The Morgan fingerprint density at radius 1 is 1.24 bits per heavy atom. The van der Waals surface area contributed by atoms with E-state index < -0.39 is 0 Å². The molecule has 0 aliphatic heterocycles. The molecule has 0 atom stereocenters. The summed E-state index contributed by atoms with van der Waals surface area (Å²) in [4.78, 5) is 4.17. The van der Waals surface area contributed by atoms with Crippen LogP contribution in [-0.4, -0.2) is 4.98 Å². The summed E-state index contributed by atoms with van der Waals surface area (Å²) >= 11 is 9.55. The van der Waals surface area contributed by atoms with Crippen LogP contribution in [0.15, 0.2) is 34.9 Å². The van der Waals surface area contributed by atoms with Crippen molar-refractivity contribution in [1.82, 2.24) is 4.98 Å². The van der Waals surface area contributed by atoms with E-state index in [1.165, 1.54) is 0 Å². The molecule has 0 radical (unpaired) electrons. The topological polar surface area (TPSA) is 22.1 Å². The van der Waals surface area contributed by atoms with E-state index in [0.29, 0.717) is 16.7 Å². The van der Waals surface area contributed by atoms with Crippen molar-refractivity contribution in [2.45, 2.75) is 13.8 Å². The number of rotatable bonds is 2. The van der Waals surface area contributed by atoms with Gasteiger partial charge in [-0.2, -0.15) is 0 Å². The highest BCUT2D eigenvalue weighted by molar-refractivity contribution is 9.10. The maximum absolute atomic E-state index is 6.10. The lowest BCUT2D eigenvalue weighted by molar-refractivity contribution is 0.459. The Balaban J connectivity index is 2.35. The molecule has 2 rings (SSSR count). The lowest BCUT2D eigenvalue weighted by Gasteiger charge is -2.09. The van der Waals surface area contributed by atoms with Gasteiger partial charge in [-0.05, 0) is 59.1 Å². The summed E-state index contributed by atoms with van der Waals surface area (Å²) in [5.74, 6) is 1.13. The first-order valence-electron chi connectivity index (χ1n) is 5.13. The first-order valence-corrected chi connectivity index (χ1v) is 6.30. The maximum Gasteiger partial charge on any atom is 0.233 e. The number of hydrogen-bond acceptors (Lipinski definition) is 2. The van der Waals surface area contributed by atoms with Crippen LogP contribution < -0.4 is 4.74 Å². The second kappa shape index (κ2) is 5.07. The predicted octanol–water partition coefficient (Wildman–Crippen LogP) is 4.91. The smallest absolute Gasteiger partial charge is 0.233 e. The van der Waals surface area contributed by atoms with Crippen LogP contribution in [0, 0.1) is 13.8 Å². The molecule has 0 bridgehead atoms. The molecule has 0 fully saturated rings. The van der Waals surface area contributed by atoms with Crippen molar-refractivity contribution >= 4 is 27.5 Å². The number of benzene rings is 1. The van der Waals surface area contributed by atoms with Gasteiger partial charge in [0.05, 0.1) is 9.50 Å². The molecule has 0 aliphatic rings. The molecule has 88 valence electrons. The molecule has 2 aromatic rings. The van der Waals surface area contributed by atoms with Crippen molar-refractivity contribution in [3.63, 3.8) is 0 Å². The minimum absolute atomic E-state index is 0.524. The van der Waals surface area contributed by atoms with Crippen LogP contribution >= 0.6 is 27.5 Å². The van der Waals surface area contributed by atoms with Crippen molar-refractivity contribution in [2.75, 3.05) is 0 Å². The molecule has 0 N–H and O–H groups in total. The molecular weight excluding hydrogens is 302 g/mol. The first kappa shape index (κ1) is 12.4. The normalized spacial score (nSPS) is 10.4. The second-order valence-corrected chi connectivity index (χ2v) is 4.98. The van der Waals surface area contributed by atoms with Crippen LogP contribution in [0.3, 0.4) is 0 Å². The number of ether oxygens (including phenoxy) is 1. The summed E-state index contributed by atoms with van der Waals surface area (Å²) < 4.78 is 6.53. The largest absolute Gasteiger partial charge is 0.436 e. The number of aryl methyl sites for hydroxylation is 2. The standard InChI is InChI=1S/C13H11BrClNO/c1-8-3-4-11(10(15)7-8)17-13-12(14)9(2)5-6-16-13/h3-7H,1-2H3. The summed E-state index contributed by atoms with van der Waals surface area (Å²) in [5.41, 5.74) is 2.16. The van der Waals surface area contributed by atoms with Crippen molar-refractivity contribution in [2.24, 2.45) is 0 Å². The van der Waals surface area contributed by atoms with E-state index in [0.717, 1.165) is 15.6 Å². The average molecular weight is 313 g/mol. The minimum Gasteiger partial charge on any atom is -0.436 e. The van der Waals surface area contributed by atoms with Crippen LogP contribution in [0.4, 0.5) is 0 Å². The van der Waals surface area contributed by atoms with Gasteiger partial charge in [0.25, 0.3) is 0 Å². The van der Waals surface area contributed by atoms with Gasteiger partial charge in [0.2, 0.25) is 5.88 Å². The molecule has 0 spiro atoms. The Labute approximate surface area is 114 Å². The van der Waals surface area contributed by atoms with E-state index in [9.17, 15) is 0 Å². The van der Waals surface area contributed by atoms with E-state index in [4.69, 9.17) is 16.3 Å². The fourth-order valence-electron chi connectivity index (χ4n) is 1.38. The van der Waals surface area contributed by atoms with Gasteiger partial charge in [0, 0.05) is 6.20 Å². The second-order valence-electron chi connectivity index (χ2n) is 3.78. The fraction of sp³-hybridized carbons (Fsp3) is 0.154. The predicted molar refractivity (Wildman–Crippen MR) is 72.9 cm³/mol. The van der Waals surface area contributed by atoms with Gasteiger partial charge in [0.1, 0.15) is 5.75 Å². The summed E-state index contributed by atoms with van der Waals surface area (Å²) in [5, 5.41) is 0.584. The fourth-order valence-corrected chi connectivity index (χ4v) is 1.97. The molecule has 0 unspecified atom stereocenters. The Bertz CT molecular complexity index is 557. The molecule has 0 aliphatic carbocycles. The third-order valence-electron chi connectivity index (χ3n) is 2.34. The van der Waals surface area contributed by atoms with Crippen molar-refractivity contribution in [3.05, 3.63) is 51.1 Å². The molecule has 1 heterocycles. The number of pyridine rings is 1. The highest BCUT2D eigenvalue weighted by Crippen LogP contribution is 2.33. The summed E-state index contributed by atoms with van der Waals surface area (Å²) in [7, 11) is 0. The zero-order valence-electron chi connectivity index (χ0n) is 9.50. The quantitative estimate of drug-likeness (QED) is 0.786. The third kappa shape index (κ3) is 2.79. The van der Waals surface area contributed by atoms with E-state index in [2.05, 4.69) is 20.9 Å². The SMILES string of the molecule is Cc1ccc(Oc2nccc(C)c2Br)c(Cl)c1. The molecule has 0 saturated carbocycles. The molecule has 1 aromatic heterocycles. The lowest BCUT2D eigenvalue weighted by atomic mass is 10.2. The number of nitrogens with zero attached hydrogens (tertiary/aromatic N) is 1. The summed E-state index contributed by atoms with van der Waals surface area (Å²) in [6, 6.07) is 7.56. The van der Waals surface area contributed by atoms with Crippen LogP contribution in [0.2, 0.25) is 5.02 Å². The highest BCUT2D eigenvalue weighted by atomic mass is 79.9. The van der Waals surface area contributed by atoms with Crippen LogP contribution in [0.1, 0.15) is 11.1 Å². The number of halogens is 2. The summed E-state index contributed by atoms with van der Waals surface area (Å²) in [6.45, 7) is 3.96. The van der Waals surface area contributed by atoms with Crippen molar-refractivity contribution < 1.29 is 4.74 Å². The van der Waals surface area contributed by atoms with Gasteiger partial charge in [-0.3, -0.25) is 0 Å². The molecular formula is C13H11BrClNO. The Hall–Kier alpha value is -1.06. The van der Waals surface area contributed by atoms with E-state index >= 15 is 0 Å². The number of aromatic nitrogens is 1. The summed E-state index contributed by atoms with van der Waals surface area (Å²) in [6.07, 6.45) is 1.71. The van der Waals surface area contributed by atoms with Crippen LogP contribution in [0.25, 0.3) is 0 Å². The molecule has 1 aromatic carbocycles. The van der Waals surface area contributed by atoms with Crippen LogP contribution in [-0.2, 0) is 0 Å². The van der Waals surface area contributed by atoms with Gasteiger partial charge in [0.15, 0.2) is 0 Å². The van der Waals surface area contributed by atoms with E-state index in [1.807, 2.05) is 38.1 Å². The average Bonchev–Trinajstić information content (AvgIpc) is 2.28. The minimum atomic E-state index is 0.524. The van der Waals surface area contributed by atoms with Gasteiger partial charge in [-0.1, -0.05) is 17.7 Å². The third-order valence-corrected chi connectivity index (χ3v) is 3.60. The van der Waals surface area contributed by atoms with Gasteiger partial charge >= 0.3 is 0 Å². The molecule has 2 nitrogen and oxygen atoms in total. The Morgan fingerprint density at radius 2 is 2.00 bits per heavy atom. The number of hydrogen-bond donors (Lipinski definition) is 0. The van der Waals surface area contributed by atoms with Crippen molar-refractivity contribution in [1.29, 1.82) is 0 Å². The zero-order chi connectivity index (χ0) is 12.4. The molecule has 0 saturated heterocycles. The first-order chi connectivity index (χ1) is 8.08. The van der Waals surface area contributed by atoms with Gasteiger partial charge < -0.3 is 4.74 Å². The van der Waals surface area contributed by atoms with E-state index in [-0.39, 0.29) is 0 Å². The molecule has 4 heteroatoms. The monoisotopic (exact) mass is 311 g/mol.